The number of hydrogen-bond donors (Lipinski definition) is 2. The van der Waals surface area contributed by atoms with Gasteiger partial charge in [0.1, 0.15) is 22.8 Å². The molecule has 0 bridgehead atoms. The molecule has 1 unspecified atom stereocenters. The first-order valence-electron chi connectivity index (χ1n) is 7.44. The van der Waals surface area contributed by atoms with Gasteiger partial charge in [0.15, 0.2) is 0 Å². The predicted octanol–water partition coefficient (Wildman–Crippen LogP) is 2.91. The van der Waals surface area contributed by atoms with E-state index in [0.29, 0.717) is 18.2 Å². The number of halogens is 2. The third-order valence-corrected chi connectivity index (χ3v) is 4.37. The number of rotatable bonds is 5. The Morgan fingerprint density at radius 3 is 2.91 bits per heavy atom. The van der Waals surface area contributed by atoms with E-state index in [1.807, 2.05) is 0 Å². The smallest absolute Gasteiger partial charge is 0.257 e. The van der Waals surface area contributed by atoms with Crippen LogP contribution in [0.5, 0.6) is 0 Å². The molecule has 5 nitrogen and oxygen atoms in total. The van der Waals surface area contributed by atoms with Crippen molar-refractivity contribution in [3.05, 3.63) is 40.4 Å². The van der Waals surface area contributed by atoms with E-state index in [1.165, 1.54) is 12.1 Å². The summed E-state index contributed by atoms with van der Waals surface area (Å²) in [5.41, 5.74) is 6.07. The minimum Gasteiger partial charge on any atom is -0.360 e. The van der Waals surface area contributed by atoms with Crippen molar-refractivity contribution in [1.29, 1.82) is 0 Å². The fourth-order valence-corrected chi connectivity index (χ4v) is 2.90. The molecule has 1 aromatic carbocycles. The third kappa shape index (κ3) is 3.09. The molecule has 1 aliphatic carbocycles. The molecule has 0 spiro atoms. The number of nitrogens with two attached hydrogens (primary N) is 1. The van der Waals surface area contributed by atoms with Crippen molar-refractivity contribution >= 4 is 17.5 Å². The Bertz CT molecular complexity index is 723. The molecule has 0 aliphatic heterocycles. The van der Waals surface area contributed by atoms with E-state index >= 15 is 0 Å². The molecule has 122 valence electrons. The van der Waals surface area contributed by atoms with Gasteiger partial charge in [0, 0.05) is 12.6 Å². The molecule has 2 aromatic rings. The SMILES string of the molecule is Cc1onc(-c2c(F)cccc2Cl)c1C(=O)NC(CN)C1CC1. The lowest BCUT2D eigenvalue weighted by atomic mass is 10.0. The highest BCUT2D eigenvalue weighted by Crippen LogP contribution is 2.35. The lowest BCUT2D eigenvalue weighted by molar-refractivity contribution is 0.0932. The second kappa shape index (κ2) is 6.29. The zero-order chi connectivity index (χ0) is 16.6. The first kappa shape index (κ1) is 16.0. The standard InChI is InChI=1S/C16H17ClFN3O2/c1-8-13(16(22)20-12(7-19)9-5-6-9)15(21-23-8)14-10(17)3-2-4-11(14)18/h2-4,9,12H,5-7,19H2,1H3,(H,20,22). The van der Waals surface area contributed by atoms with Crippen LogP contribution in [0, 0.1) is 18.7 Å². The van der Waals surface area contributed by atoms with Gasteiger partial charge in [0.25, 0.3) is 5.91 Å². The van der Waals surface area contributed by atoms with Crippen molar-refractivity contribution in [2.24, 2.45) is 11.7 Å². The van der Waals surface area contributed by atoms with Gasteiger partial charge < -0.3 is 15.6 Å². The molecule has 1 fully saturated rings. The fraction of sp³-hybridized carbons (Fsp3) is 0.375. The molecule has 3 N–H and O–H groups in total. The Morgan fingerprint density at radius 2 is 2.30 bits per heavy atom. The zero-order valence-electron chi connectivity index (χ0n) is 12.6. The molecule has 0 saturated heterocycles. The number of carbonyl (C=O) groups is 1. The highest BCUT2D eigenvalue weighted by atomic mass is 35.5. The van der Waals surface area contributed by atoms with Crippen molar-refractivity contribution in [2.45, 2.75) is 25.8 Å². The van der Waals surface area contributed by atoms with Gasteiger partial charge in [0.2, 0.25) is 0 Å². The number of amides is 1. The van der Waals surface area contributed by atoms with Crippen LogP contribution in [0.4, 0.5) is 4.39 Å². The average Bonchev–Trinajstić information content (AvgIpc) is 3.28. The Kier molecular flexibility index (Phi) is 4.37. The summed E-state index contributed by atoms with van der Waals surface area (Å²) >= 11 is 6.07. The molecule has 1 amide bonds. The van der Waals surface area contributed by atoms with E-state index in [0.717, 1.165) is 12.8 Å². The average molecular weight is 338 g/mol. The quantitative estimate of drug-likeness (QED) is 0.879. The van der Waals surface area contributed by atoms with Gasteiger partial charge in [-0.15, -0.1) is 0 Å². The van der Waals surface area contributed by atoms with Crippen molar-refractivity contribution in [3.63, 3.8) is 0 Å². The van der Waals surface area contributed by atoms with E-state index in [2.05, 4.69) is 10.5 Å². The molecule has 3 rings (SSSR count). The molecule has 1 atom stereocenters. The Morgan fingerprint density at radius 1 is 1.57 bits per heavy atom. The minimum absolute atomic E-state index is 0.0619. The topological polar surface area (TPSA) is 81.2 Å². The predicted molar refractivity (Wildman–Crippen MR) is 84.7 cm³/mol. The molecule has 1 heterocycles. The van der Waals surface area contributed by atoms with E-state index < -0.39 is 5.82 Å². The Hall–Kier alpha value is -1.92. The molecule has 0 radical (unpaired) electrons. The molecule has 1 saturated carbocycles. The van der Waals surface area contributed by atoms with Crippen LogP contribution < -0.4 is 11.1 Å². The van der Waals surface area contributed by atoms with Crippen LogP contribution >= 0.6 is 11.6 Å². The maximum atomic E-state index is 14.1. The number of benzene rings is 1. The van der Waals surface area contributed by atoms with Gasteiger partial charge in [-0.3, -0.25) is 4.79 Å². The van der Waals surface area contributed by atoms with Gasteiger partial charge in [-0.05, 0) is 37.8 Å². The van der Waals surface area contributed by atoms with E-state index in [4.69, 9.17) is 21.9 Å². The summed E-state index contributed by atoms with van der Waals surface area (Å²) in [6.07, 6.45) is 2.10. The minimum atomic E-state index is -0.558. The van der Waals surface area contributed by atoms with E-state index in [9.17, 15) is 9.18 Å². The van der Waals surface area contributed by atoms with Crippen LogP contribution in [0.15, 0.2) is 22.7 Å². The fourth-order valence-electron chi connectivity index (χ4n) is 2.64. The summed E-state index contributed by atoms with van der Waals surface area (Å²) in [5, 5.41) is 6.89. The van der Waals surface area contributed by atoms with Crippen molar-refractivity contribution < 1.29 is 13.7 Å². The molecule has 23 heavy (non-hydrogen) atoms. The second-order valence-electron chi connectivity index (χ2n) is 5.71. The second-order valence-corrected chi connectivity index (χ2v) is 6.12. The summed E-state index contributed by atoms with van der Waals surface area (Å²) < 4.78 is 19.2. The van der Waals surface area contributed by atoms with Gasteiger partial charge in [-0.25, -0.2) is 4.39 Å². The Balaban J connectivity index is 1.97. The van der Waals surface area contributed by atoms with Crippen LogP contribution in [-0.4, -0.2) is 23.7 Å². The van der Waals surface area contributed by atoms with E-state index in [1.54, 1.807) is 13.0 Å². The van der Waals surface area contributed by atoms with Crippen LogP contribution in [0.1, 0.15) is 29.0 Å². The number of nitrogens with one attached hydrogen (secondary N) is 1. The van der Waals surface area contributed by atoms with Crippen LogP contribution in [0.2, 0.25) is 5.02 Å². The number of aromatic nitrogens is 1. The highest BCUT2D eigenvalue weighted by Gasteiger charge is 2.33. The molecule has 7 heteroatoms. The normalized spacial score (nSPS) is 15.5. The summed E-state index contributed by atoms with van der Waals surface area (Å²) in [5.74, 6) is -0.217. The van der Waals surface area contributed by atoms with Crippen molar-refractivity contribution in [3.8, 4) is 11.3 Å². The van der Waals surface area contributed by atoms with Crippen molar-refractivity contribution in [1.82, 2.24) is 10.5 Å². The van der Waals surface area contributed by atoms with Gasteiger partial charge in [-0.1, -0.05) is 22.8 Å². The van der Waals surface area contributed by atoms with Crippen LogP contribution in [-0.2, 0) is 0 Å². The maximum absolute atomic E-state index is 14.1. The molecule has 1 aliphatic rings. The van der Waals surface area contributed by atoms with Crippen molar-refractivity contribution in [2.75, 3.05) is 6.54 Å². The third-order valence-electron chi connectivity index (χ3n) is 4.05. The maximum Gasteiger partial charge on any atom is 0.257 e. The summed E-state index contributed by atoms with van der Waals surface area (Å²) in [4.78, 5) is 12.6. The monoisotopic (exact) mass is 337 g/mol. The number of carbonyl (C=O) groups excluding carboxylic acids is 1. The van der Waals surface area contributed by atoms with Gasteiger partial charge in [0.05, 0.1) is 10.6 Å². The molecular formula is C16H17ClFN3O2. The van der Waals surface area contributed by atoms with Crippen LogP contribution in [0.3, 0.4) is 0 Å². The van der Waals surface area contributed by atoms with Gasteiger partial charge >= 0.3 is 0 Å². The van der Waals surface area contributed by atoms with Crippen LogP contribution in [0.25, 0.3) is 11.3 Å². The lowest BCUT2D eigenvalue weighted by Crippen LogP contribution is -2.42. The number of hydrogen-bond acceptors (Lipinski definition) is 4. The van der Waals surface area contributed by atoms with E-state index in [-0.39, 0.29) is 33.8 Å². The first-order valence-corrected chi connectivity index (χ1v) is 7.82. The van der Waals surface area contributed by atoms with Gasteiger partial charge in [-0.2, -0.15) is 0 Å². The number of aryl methyl sites for hydroxylation is 1. The summed E-state index contributed by atoms with van der Waals surface area (Å²) in [6, 6.07) is 4.20. The Labute approximate surface area is 138 Å². The highest BCUT2D eigenvalue weighted by molar-refractivity contribution is 6.33. The zero-order valence-corrected chi connectivity index (χ0v) is 13.4. The molecule has 1 aromatic heterocycles. The first-order chi connectivity index (χ1) is 11.0. The summed E-state index contributed by atoms with van der Waals surface area (Å²) in [7, 11) is 0. The summed E-state index contributed by atoms with van der Waals surface area (Å²) in [6.45, 7) is 1.96. The lowest BCUT2D eigenvalue weighted by Gasteiger charge is -2.16. The largest absolute Gasteiger partial charge is 0.360 e. The number of nitrogens with zero attached hydrogens (tertiary/aromatic N) is 1. The molecular weight excluding hydrogens is 321 g/mol.